The Hall–Kier alpha value is -2.16. The fourth-order valence-corrected chi connectivity index (χ4v) is 2.32. The first-order chi connectivity index (χ1) is 9.84. The molecule has 3 nitrogen and oxygen atoms in total. The molecule has 110 valence electrons. The van der Waals surface area contributed by atoms with Gasteiger partial charge in [0.2, 0.25) is 0 Å². The molecule has 0 saturated heterocycles. The van der Waals surface area contributed by atoms with Gasteiger partial charge in [-0.05, 0) is 41.2 Å². The quantitative estimate of drug-likeness (QED) is 0.738. The van der Waals surface area contributed by atoms with Crippen LogP contribution in [0.15, 0.2) is 46.6 Å². The summed E-state index contributed by atoms with van der Waals surface area (Å²) >= 11 is 0. The maximum atomic E-state index is 10.5. The highest BCUT2D eigenvalue weighted by Gasteiger charge is 2.20. The number of nitrogens with zero attached hydrogens (tertiary/aromatic N) is 2. The summed E-state index contributed by atoms with van der Waals surface area (Å²) in [5, 5.41) is 18.4. The number of benzene rings is 2. The maximum absolute atomic E-state index is 10.5. The highest BCUT2D eigenvalue weighted by Crippen LogP contribution is 2.42. The second-order valence-electron chi connectivity index (χ2n) is 6.26. The molecule has 0 aromatic heterocycles. The minimum absolute atomic E-state index is 0.0247. The Bertz CT molecular complexity index is 682. The zero-order valence-electron chi connectivity index (χ0n) is 13.3. The van der Waals surface area contributed by atoms with E-state index in [2.05, 4.69) is 31.0 Å². The Kier molecular flexibility index (Phi) is 4.12. The van der Waals surface area contributed by atoms with E-state index in [0.29, 0.717) is 5.69 Å². The highest BCUT2D eigenvalue weighted by molar-refractivity contribution is 5.79. The van der Waals surface area contributed by atoms with Gasteiger partial charge in [0.1, 0.15) is 5.69 Å². The molecule has 0 atom stereocenters. The predicted octanol–water partition coefficient (Wildman–Crippen LogP) is 5.38. The van der Waals surface area contributed by atoms with E-state index in [0.717, 1.165) is 22.3 Å². The maximum Gasteiger partial charge on any atom is 0.150 e. The van der Waals surface area contributed by atoms with Crippen molar-refractivity contribution in [1.82, 2.24) is 0 Å². The van der Waals surface area contributed by atoms with E-state index in [4.69, 9.17) is 0 Å². The third-order valence-electron chi connectivity index (χ3n) is 3.60. The van der Waals surface area contributed by atoms with Gasteiger partial charge in [0.05, 0.1) is 0 Å². The Balaban J connectivity index is 2.76. The van der Waals surface area contributed by atoms with E-state index in [1.807, 2.05) is 43.3 Å². The molecule has 2 aromatic rings. The number of phenols is 1. The fourth-order valence-electron chi connectivity index (χ4n) is 2.32. The van der Waals surface area contributed by atoms with E-state index in [1.165, 1.54) is 0 Å². The number of phenolic OH excluding ortho intramolecular Hbond substituents is 1. The molecule has 1 N–H and O–H groups in total. The molecule has 0 aliphatic heterocycles. The van der Waals surface area contributed by atoms with Crippen molar-refractivity contribution < 1.29 is 5.11 Å². The summed E-state index contributed by atoms with van der Waals surface area (Å²) < 4.78 is 0. The largest absolute Gasteiger partial charge is 0.505 e. The first-order valence-corrected chi connectivity index (χ1v) is 7.08. The molecule has 0 saturated carbocycles. The molecular formula is C18H22N2O. The lowest BCUT2D eigenvalue weighted by molar-refractivity contribution is 0.477. The van der Waals surface area contributed by atoms with Crippen molar-refractivity contribution in [3.05, 3.63) is 47.5 Å². The third-order valence-corrected chi connectivity index (χ3v) is 3.60. The van der Waals surface area contributed by atoms with Crippen molar-refractivity contribution in [2.75, 3.05) is 7.05 Å². The van der Waals surface area contributed by atoms with Crippen LogP contribution in [0.25, 0.3) is 11.1 Å². The van der Waals surface area contributed by atoms with Crippen LogP contribution in [0, 0.1) is 6.92 Å². The molecule has 0 radical (unpaired) electrons. The van der Waals surface area contributed by atoms with Crippen LogP contribution in [-0.4, -0.2) is 12.2 Å². The molecule has 2 rings (SSSR count). The smallest absolute Gasteiger partial charge is 0.150 e. The molecule has 21 heavy (non-hydrogen) atoms. The third kappa shape index (κ3) is 3.13. The van der Waals surface area contributed by atoms with Gasteiger partial charge in [0, 0.05) is 12.6 Å². The number of azo groups is 1. The summed E-state index contributed by atoms with van der Waals surface area (Å²) in [5.74, 6) is 0.183. The van der Waals surface area contributed by atoms with Gasteiger partial charge in [0.25, 0.3) is 0 Å². The Morgan fingerprint density at radius 2 is 1.67 bits per heavy atom. The number of hydrogen-bond acceptors (Lipinski definition) is 3. The molecule has 0 aliphatic carbocycles. The number of aryl methyl sites for hydroxylation is 1. The van der Waals surface area contributed by atoms with Crippen molar-refractivity contribution in [2.45, 2.75) is 33.1 Å². The molecule has 0 heterocycles. The summed E-state index contributed by atoms with van der Waals surface area (Å²) in [4.78, 5) is 0. The molecule has 0 spiro atoms. The van der Waals surface area contributed by atoms with Gasteiger partial charge in [-0.15, -0.1) is 0 Å². The van der Waals surface area contributed by atoms with Gasteiger partial charge in [-0.25, -0.2) is 0 Å². The topological polar surface area (TPSA) is 45.0 Å². The van der Waals surface area contributed by atoms with Gasteiger partial charge in [-0.1, -0.05) is 45.0 Å². The van der Waals surface area contributed by atoms with Gasteiger partial charge >= 0.3 is 0 Å². The summed E-state index contributed by atoms with van der Waals surface area (Å²) in [7, 11) is 1.61. The van der Waals surface area contributed by atoms with Crippen LogP contribution in [0.3, 0.4) is 0 Å². The zero-order valence-corrected chi connectivity index (χ0v) is 13.3. The van der Waals surface area contributed by atoms with Crippen LogP contribution in [-0.2, 0) is 5.41 Å². The van der Waals surface area contributed by atoms with Crippen LogP contribution in [0.4, 0.5) is 5.69 Å². The lowest BCUT2D eigenvalue weighted by Gasteiger charge is -2.22. The fraction of sp³-hybridized carbons (Fsp3) is 0.333. The summed E-state index contributed by atoms with van der Waals surface area (Å²) in [6.07, 6.45) is 0. The van der Waals surface area contributed by atoms with Crippen molar-refractivity contribution >= 4 is 5.69 Å². The zero-order chi connectivity index (χ0) is 15.6. The van der Waals surface area contributed by atoms with Crippen molar-refractivity contribution in [1.29, 1.82) is 0 Å². The molecule has 0 unspecified atom stereocenters. The van der Waals surface area contributed by atoms with E-state index in [9.17, 15) is 5.11 Å². The summed E-state index contributed by atoms with van der Waals surface area (Å²) in [6.45, 7) is 8.48. The SMILES string of the molecule is CN=Nc1cc(C(C)(C)C)cc(-c2ccccc2C)c1O. The molecule has 3 heteroatoms. The normalized spacial score (nSPS) is 12.0. The minimum Gasteiger partial charge on any atom is -0.505 e. The Labute approximate surface area is 126 Å². The Morgan fingerprint density at radius 3 is 2.24 bits per heavy atom. The van der Waals surface area contributed by atoms with Crippen molar-refractivity contribution in [3.8, 4) is 16.9 Å². The monoisotopic (exact) mass is 282 g/mol. The van der Waals surface area contributed by atoms with E-state index in [1.54, 1.807) is 7.05 Å². The van der Waals surface area contributed by atoms with E-state index < -0.39 is 0 Å². The van der Waals surface area contributed by atoms with Crippen LogP contribution < -0.4 is 0 Å². The summed E-state index contributed by atoms with van der Waals surface area (Å²) in [6, 6.07) is 12.0. The van der Waals surface area contributed by atoms with Crippen LogP contribution in [0.1, 0.15) is 31.9 Å². The number of rotatable bonds is 2. The standard InChI is InChI=1S/C18H22N2O/c1-12-8-6-7-9-14(12)15-10-13(18(2,3)4)11-16(17(15)21)20-19-5/h6-11,21H,1-5H3. The van der Waals surface area contributed by atoms with Crippen LogP contribution in [0.2, 0.25) is 0 Å². The highest BCUT2D eigenvalue weighted by atomic mass is 16.3. The van der Waals surface area contributed by atoms with Crippen LogP contribution >= 0.6 is 0 Å². The van der Waals surface area contributed by atoms with E-state index >= 15 is 0 Å². The molecule has 0 amide bonds. The second-order valence-corrected chi connectivity index (χ2v) is 6.26. The average Bonchev–Trinajstić information content (AvgIpc) is 2.41. The van der Waals surface area contributed by atoms with Gasteiger partial charge in [-0.3, -0.25) is 0 Å². The van der Waals surface area contributed by atoms with Crippen molar-refractivity contribution in [2.24, 2.45) is 10.2 Å². The summed E-state index contributed by atoms with van der Waals surface area (Å²) in [5.41, 5.74) is 4.57. The van der Waals surface area contributed by atoms with Gasteiger partial charge in [-0.2, -0.15) is 10.2 Å². The predicted molar refractivity (Wildman–Crippen MR) is 87.4 cm³/mol. The average molecular weight is 282 g/mol. The van der Waals surface area contributed by atoms with Crippen LogP contribution in [0.5, 0.6) is 5.75 Å². The second kappa shape index (κ2) is 5.68. The molecule has 0 aliphatic rings. The molecule has 2 aromatic carbocycles. The Morgan fingerprint density at radius 1 is 1.00 bits per heavy atom. The first kappa shape index (κ1) is 15.2. The van der Waals surface area contributed by atoms with Crippen molar-refractivity contribution in [3.63, 3.8) is 0 Å². The lowest BCUT2D eigenvalue weighted by Crippen LogP contribution is -2.11. The molecular weight excluding hydrogens is 260 g/mol. The van der Waals surface area contributed by atoms with E-state index in [-0.39, 0.29) is 11.2 Å². The molecule has 0 fully saturated rings. The number of aromatic hydroxyl groups is 1. The number of hydrogen-bond donors (Lipinski definition) is 1. The first-order valence-electron chi connectivity index (χ1n) is 7.08. The van der Waals surface area contributed by atoms with Gasteiger partial charge < -0.3 is 5.11 Å². The molecule has 0 bridgehead atoms. The minimum atomic E-state index is -0.0247. The lowest BCUT2D eigenvalue weighted by atomic mass is 9.84. The van der Waals surface area contributed by atoms with Gasteiger partial charge in [0.15, 0.2) is 5.75 Å².